The molecule has 2 heteroatoms. The standard InChI is InChI=1S/C18H29NO/c1-3-17(18(20)15-11-7-6-8-12-15)19(2)16-13-9-4-5-10-14-16/h6-8,11-12,16-18,20H,3-5,9-10,13-14H2,1-2H3. The van der Waals surface area contributed by atoms with Gasteiger partial charge in [0, 0.05) is 12.1 Å². The van der Waals surface area contributed by atoms with E-state index in [1.54, 1.807) is 0 Å². The molecule has 2 rings (SSSR count). The minimum absolute atomic E-state index is 0.223. The average molecular weight is 275 g/mol. The molecule has 1 aromatic carbocycles. The van der Waals surface area contributed by atoms with E-state index in [-0.39, 0.29) is 12.1 Å². The molecule has 1 N–H and O–H groups in total. The van der Waals surface area contributed by atoms with Gasteiger partial charge in [-0.15, -0.1) is 0 Å². The van der Waals surface area contributed by atoms with Crippen molar-refractivity contribution in [3.8, 4) is 0 Å². The second-order valence-corrected chi connectivity index (χ2v) is 6.14. The average Bonchev–Trinajstić information content (AvgIpc) is 2.77. The minimum atomic E-state index is -0.380. The first-order valence-electron chi connectivity index (χ1n) is 8.19. The van der Waals surface area contributed by atoms with Crippen molar-refractivity contribution in [2.75, 3.05) is 7.05 Å². The fraction of sp³-hybridized carbons (Fsp3) is 0.667. The molecule has 1 saturated carbocycles. The van der Waals surface area contributed by atoms with E-state index >= 15 is 0 Å². The summed E-state index contributed by atoms with van der Waals surface area (Å²) in [6.07, 6.45) is 8.62. The fourth-order valence-electron chi connectivity index (χ4n) is 3.54. The summed E-state index contributed by atoms with van der Waals surface area (Å²) in [7, 11) is 2.20. The van der Waals surface area contributed by atoms with Gasteiger partial charge in [0.1, 0.15) is 0 Å². The maximum Gasteiger partial charge on any atom is 0.0945 e. The van der Waals surface area contributed by atoms with Crippen LogP contribution in [0, 0.1) is 0 Å². The van der Waals surface area contributed by atoms with Gasteiger partial charge in [-0.1, -0.05) is 62.9 Å². The molecule has 1 aromatic rings. The number of nitrogens with zero attached hydrogens (tertiary/aromatic N) is 1. The predicted octanol–water partition coefficient (Wildman–Crippen LogP) is 4.15. The minimum Gasteiger partial charge on any atom is -0.387 e. The van der Waals surface area contributed by atoms with Crippen molar-refractivity contribution in [1.29, 1.82) is 0 Å². The SMILES string of the molecule is CCC(C(O)c1ccccc1)N(C)C1CCCCCC1. The zero-order valence-corrected chi connectivity index (χ0v) is 13.0. The molecule has 0 spiro atoms. The molecule has 0 amide bonds. The van der Waals surface area contributed by atoms with Crippen LogP contribution < -0.4 is 0 Å². The molecule has 0 saturated heterocycles. The van der Waals surface area contributed by atoms with Crippen molar-refractivity contribution in [3.05, 3.63) is 35.9 Å². The molecule has 0 heterocycles. The zero-order valence-electron chi connectivity index (χ0n) is 13.0. The van der Waals surface area contributed by atoms with Crippen LogP contribution in [0.5, 0.6) is 0 Å². The monoisotopic (exact) mass is 275 g/mol. The van der Waals surface area contributed by atoms with Gasteiger partial charge in [-0.05, 0) is 31.9 Å². The third kappa shape index (κ3) is 3.83. The van der Waals surface area contributed by atoms with Gasteiger partial charge in [-0.2, -0.15) is 0 Å². The normalized spacial score (nSPS) is 20.6. The smallest absolute Gasteiger partial charge is 0.0945 e. The number of aliphatic hydroxyl groups is 1. The molecule has 2 nitrogen and oxygen atoms in total. The summed E-state index contributed by atoms with van der Waals surface area (Å²) in [4.78, 5) is 2.45. The van der Waals surface area contributed by atoms with E-state index in [1.807, 2.05) is 30.3 Å². The van der Waals surface area contributed by atoms with E-state index in [2.05, 4.69) is 18.9 Å². The van der Waals surface area contributed by atoms with E-state index in [0.29, 0.717) is 6.04 Å². The van der Waals surface area contributed by atoms with Gasteiger partial charge < -0.3 is 5.11 Å². The summed E-state index contributed by atoms with van der Waals surface area (Å²) in [5, 5.41) is 10.7. The highest BCUT2D eigenvalue weighted by atomic mass is 16.3. The van der Waals surface area contributed by atoms with Crippen molar-refractivity contribution in [2.24, 2.45) is 0 Å². The Labute approximate surface area is 123 Å². The lowest BCUT2D eigenvalue weighted by Crippen LogP contribution is -2.43. The van der Waals surface area contributed by atoms with Crippen LogP contribution in [0.4, 0.5) is 0 Å². The van der Waals surface area contributed by atoms with Crippen LogP contribution >= 0.6 is 0 Å². The maximum atomic E-state index is 10.7. The first-order chi connectivity index (χ1) is 9.74. The van der Waals surface area contributed by atoms with Crippen molar-refractivity contribution in [1.82, 2.24) is 4.90 Å². The lowest BCUT2D eigenvalue weighted by atomic mass is 9.96. The van der Waals surface area contributed by atoms with Gasteiger partial charge in [-0.3, -0.25) is 4.90 Å². The molecular formula is C18H29NO. The summed E-state index contributed by atoms with van der Waals surface area (Å²) < 4.78 is 0. The highest BCUT2D eigenvalue weighted by Gasteiger charge is 2.28. The number of hydrogen-bond acceptors (Lipinski definition) is 2. The van der Waals surface area contributed by atoms with Crippen LogP contribution in [0.1, 0.15) is 63.5 Å². The first-order valence-corrected chi connectivity index (χ1v) is 8.19. The Morgan fingerprint density at radius 2 is 1.70 bits per heavy atom. The molecular weight excluding hydrogens is 246 g/mol. The third-order valence-corrected chi connectivity index (χ3v) is 4.85. The van der Waals surface area contributed by atoms with Gasteiger partial charge >= 0.3 is 0 Å². The summed E-state index contributed by atoms with van der Waals surface area (Å²) in [6.45, 7) is 2.18. The summed E-state index contributed by atoms with van der Waals surface area (Å²) >= 11 is 0. The Morgan fingerprint density at radius 3 is 2.25 bits per heavy atom. The van der Waals surface area contributed by atoms with Crippen molar-refractivity contribution < 1.29 is 5.11 Å². The van der Waals surface area contributed by atoms with E-state index in [9.17, 15) is 5.11 Å². The Balaban J connectivity index is 2.06. The number of likely N-dealkylation sites (N-methyl/N-ethyl adjacent to an activating group) is 1. The topological polar surface area (TPSA) is 23.5 Å². The molecule has 1 aliphatic rings. The zero-order chi connectivity index (χ0) is 14.4. The number of benzene rings is 1. The van der Waals surface area contributed by atoms with E-state index in [1.165, 1.54) is 38.5 Å². The molecule has 1 aliphatic carbocycles. The summed E-state index contributed by atoms with van der Waals surface area (Å²) in [5.41, 5.74) is 1.04. The molecule has 112 valence electrons. The van der Waals surface area contributed by atoms with Gasteiger partial charge in [0.25, 0.3) is 0 Å². The molecule has 0 bridgehead atoms. The molecule has 0 aliphatic heterocycles. The second-order valence-electron chi connectivity index (χ2n) is 6.14. The number of hydrogen-bond donors (Lipinski definition) is 1. The Kier molecular flexibility index (Phi) is 6.06. The van der Waals surface area contributed by atoms with Crippen molar-refractivity contribution >= 4 is 0 Å². The van der Waals surface area contributed by atoms with Gasteiger partial charge in [-0.25, -0.2) is 0 Å². The van der Waals surface area contributed by atoms with Crippen molar-refractivity contribution in [3.63, 3.8) is 0 Å². The second kappa shape index (κ2) is 7.80. The lowest BCUT2D eigenvalue weighted by molar-refractivity contribution is 0.0330. The van der Waals surface area contributed by atoms with Crippen LogP contribution in [0.15, 0.2) is 30.3 Å². The van der Waals surface area contributed by atoms with E-state index in [4.69, 9.17) is 0 Å². The van der Waals surface area contributed by atoms with Gasteiger partial charge in [0.15, 0.2) is 0 Å². The fourth-order valence-corrected chi connectivity index (χ4v) is 3.54. The molecule has 0 radical (unpaired) electrons. The van der Waals surface area contributed by atoms with E-state index in [0.717, 1.165) is 12.0 Å². The van der Waals surface area contributed by atoms with Crippen LogP contribution in [0.2, 0.25) is 0 Å². The largest absolute Gasteiger partial charge is 0.387 e. The predicted molar refractivity (Wildman–Crippen MR) is 84.7 cm³/mol. The van der Waals surface area contributed by atoms with Crippen LogP contribution in [0.25, 0.3) is 0 Å². The lowest BCUT2D eigenvalue weighted by Gasteiger charge is -2.37. The highest BCUT2D eigenvalue weighted by Crippen LogP contribution is 2.28. The van der Waals surface area contributed by atoms with E-state index < -0.39 is 0 Å². The van der Waals surface area contributed by atoms with Crippen LogP contribution in [-0.4, -0.2) is 29.1 Å². The quantitative estimate of drug-likeness (QED) is 0.816. The summed E-state index contributed by atoms with van der Waals surface area (Å²) in [5.74, 6) is 0. The molecule has 0 aromatic heterocycles. The molecule has 1 fully saturated rings. The van der Waals surface area contributed by atoms with Crippen molar-refractivity contribution in [2.45, 2.75) is 70.1 Å². The third-order valence-electron chi connectivity index (χ3n) is 4.85. The van der Waals surface area contributed by atoms with Gasteiger partial charge in [0.2, 0.25) is 0 Å². The van der Waals surface area contributed by atoms with Crippen LogP contribution in [0.3, 0.4) is 0 Å². The molecule has 20 heavy (non-hydrogen) atoms. The van der Waals surface area contributed by atoms with Crippen LogP contribution in [-0.2, 0) is 0 Å². The number of rotatable bonds is 5. The first kappa shape index (κ1) is 15.5. The maximum absolute atomic E-state index is 10.7. The highest BCUT2D eigenvalue weighted by molar-refractivity contribution is 5.19. The number of aliphatic hydroxyl groups excluding tert-OH is 1. The Hall–Kier alpha value is -0.860. The van der Waals surface area contributed by atoms with Gasteiger partial charge in [0.05, 0.1) is 6.10 Å². The Bertz CT molecular complexity index is 370. The molecule has 2 atom stereocenters. The molecule has 2 unspecified atom stereocenters. The summed E-state index contributed by atoms with van der Waals surface area (Å²) in [6, 6.07) is 11.0. The Morgan fingerprint density at radius 1 is 1.10 bits per heavy atom.